The zero-order valence-corrected chi connectivity index (χ0v) is 12.3. The van der Waals surface area contributed by atoms with Crippen molar-refractivity contribution >= 4 is 33.1 Å². The first-order valence-corrected chi connectivity index (χ1v) is 6.97. The summed E-state index contributed by atoms with van der Waals surface area (Å²) < 4.78 is 0. The first-order valence-electron chi connectivity index (χ1n) is 6.59. The molecule has 96 valence electrons. The summed E-state index contributed by atoms with van der Waals surface area (Å²) in [7, 11) is 0. The van der Waals surface area contributed by atoms with Gasteiger partial charge in [0.05, 0.1) is 5.02 Å². The van der Waals surface area contributed by atoms with Crippen LogP contribution in [0.1, 0.15) is 26.3 Å². The van der Waals surface area contributed by atoms with Gasteiger partial charge in [-0.15, -0.1) is 0 Å². The lowest BCUT2D eigenvalue weighted by Crippen LogP contribution is -2.12. The van der Waals surface area contributed by atoms with Crippen molar-refractivity contribution in [3.63, 3.8) is 0 Å². The topological polar surface area (TPSA) is 0 Å². The van der Waals surface area contributed by atoms with E-state index >= 15 is 0 Å². The Bertz CT molecular complexity index is 707. The fourth-order valence-corrected chi connectivity index (χ4v) is 3.21. The fourth-order valence-electron chi connectivity index (χ4n) is 2.88. The fraction of sp³-hybridized carbons (Fsp3) is 0.222. The van der Waals surface area contributed by atoms with E-state index in [0.29, 0.717) is 0 Å². The van der Waals surface area contributed by atoms with Crippen LogP contribution in [0.2, 0.25) is 5.02 Å². The third-order valence-corrected chi connectivity index (χ3v) is 4.02. The Hall–Kier alpha value is -1.53. The summed E-state index contributed by atoms with van der Waals surface area (Å²) in [5.74, 6) is 0. The summed E-state index contributed by atoms with van der Waals surface area (Å²) in [5.41, 5.74) is 1.46. The molecule has 0 fully saturated rings. The number of fused-ring (bicyclic) bond motifs is 2. The first kappa shape index (κ1) is 12.5. The highest BCUT2D eigenvalue weighted by atomic mass is 35.5. The van der Waals surface area contributed by atoms with Crippen molar-refractivity contribution in [2.45, 2.75) is 26.2 Å². The maximum atomic E-state index is 6.60. The van der Waals surface area contributed by atoms with Crippen LogP contribution in [0.5, 0.6) is 0 Å². The monoisotopic (exact) mass is 268 g/mol. The molecule has 0 aromatic heterocycles. The van der Waals surface area contributed by atoms with E-state index < -0.39 is 0 Å². The van der Waals surface area contributed by atoms with E-state index in [1.807, 2.05) is 0 Å². The summed E-state index contributed by atoms with van der Waals surface area (Å²) in [6.45, 7) is 6.78. The molecule has 0 aliphatic heterocycles. The molecule has 19 heavy (non-hydrogen) atoms. The van der Waals surface area contributed by atoms with Crippen LogP contribution in [-0.4, -0.2) is 0 Å². The third kappa shape index (κ3) is 1.91. The molecule has 0 spiro atoms. The van der Waals surface area contributed by atoms with Gasteiger partial charge in [-0.1, -0.05) is 80.9 Å². The number of rotatable bonds is 0. The van der Waals surface area contributed by atoms with Gasteiger partial charge in [-0.3, -0.25) is 0 Å². The quantitative estimate of drug-likeness (QED) is 0.442. The standard InChI is InChI=1S/C18H17Cl/c1-18(2,3)16-12-8-4-6-10-14(12)17(19)15-11-7-5-9-13(15)16/h4-11H,1-3H3. The van der Waals surface area contributed by atoms with E-state index in [0.717, 1.165) is 15.8 Å². The van der Waals surface area contributed by atoms with Crippen LogP contribution in [0.15, 0.2) is 48.5 Å². The highest BCUT2D eigenvalue weighted by molar-refractivity contribution is 6.41. The molecule has 0 N–H and O–H groups in total. The molecule has 3 aromatic rings. The number of hydrogen-bond donors (Lipinski definition) is 0. The highest BCUT2D eigenvalue weighted by Crippen LogP contribution is 2.41. The average molecular weight is 269 g/mol. The molecule has 1 heteroatoms. The van der Waals surface area contributed by atoms with Crippen molar-refractivity contribution in [2.75, 3.05) is 0 Å². The van der Waals surface area contributed by atoms with Crippen LogP contribution in [0, 0.1) is 0 Å². The van der Waals surface area contributed by atoms with Crippen LogP contribution in [-0.2, 0) is 5.41 Å². The maximum Gasteiger partial charge on any atom is 0.0562 e. The predicted octanol–water partition coefficient (Wildman–Crippen LogP) is 5.94. The van der Waals surface area contributed by atoms with Crippen LogP contribution in [0.4, 0.5) is 0 Å². The zero-order valence-electron chi connectivity index (χ0n) is 11.5. The van der Waals surface area contributed by atoms with Gasteiger partial charge >= 0.3 is 0 Å². The van der Waals surface area contributed by atoms with E-state index in [1.165, 1.54) is 16.3 Å². The Kier molecular flexibility index (Phi) is 2.79. The Balaban J connectivity index is 2.65. The normalized spacial score (nSPS) is 12.2. The van der Waals surface area contributed by atoms with Gasteiger partial charge in [0.1, 0.15) is 0 Å². The summed E-state index contributed by atoms with van der Waals surface area (Å²) in [6.07, 6.45) is 0. The van der Waals surface area contributed by atoms with Gasteiger partial charge in [-0.25, -0.2) is 0 Å². The van der Waals surface area contributed by atoms with Crippen LogP contribution < -0.4 is 0 Å². The molecule has 3 rings (SSSR count). The summed E-state index contributed by atoms with van der Waals surface area (Å²) in [5, 5.41) is 5.68. The van der Waals surface area contributed by atoms with Gasteiger partial charge in [0, 0.05) is 10.8 Å². The van der Waals surface area contributed by atoms with Crippen molar-refractivity contribution in [3.8, 4) is 0 Å². The van der Waals surface area contributed by atoms with Crippen LogP contribution in [0.25, 0.3) is 21.5 Å². The second-order valence-corrected chi connectivity index (χ2v) is 6.41. The van der Waals surface area contributed by atoms with Crippen molar-refractivity contribution < 1.29 is 0 Å². The second-order valence-electron chi connectivity index (χ2n) is 6.03. The molecule has 0 radical (unpaired) electrons. The van der Waals surface area contributed by atoms with Crippen LogP contribution >= 0.6 is 11.6 Å². The number of halogens is 1. The molecular weight excluding hydrogens is 252 g/mol. The van der Waals surface area contributed by atoms with E-state index in [4.69, 9.17) is 11.6 Å². The van der Waals surface area contributed by atoms with Crippen molar-refractivity contribution in [1.82, 2.24) is 0 Å². The third-order valence-electron chi connectivity index (χ3n) is 3.62. The molecule has 0 nitrogen and oxygen atoms in total. The van der Waals surface area contributed by atoms with Crippen LogP contribution in [0.3, 0.4) is 0 Å². The molecule has 0 saturated heterocycles. The van der Waals surface area contributed by atoms with Crippen molar-refractivity contribution in [1.29, 1.82) is 0 Å². The first-order chi connectivity index (χ1) is 9.00. The second kappa shape index (κ2) is 4.25. The van der Waals surface area contributed by atoms with Gasteiger partial charge in [-0.2, -0.15) is 0 Å². The smallest absolute Gasteiger partial charge is 0.0562 e. The van der Waals surface area contributed by atoms with E-state index in [-0.39, 0.29) is 5.41 Å². The minimum Gasteiger partial charge on any atom is -0.0830 e. The Morgan fingerprint density at radius 2 is 1.05 bits per heavy atom. The Morgan fingerprint density at radius 1 is 0.684 bits per heavy atom. The summed E-state index contributed by atoms with van der Waals surface area (Å²) in [6, 6.07) is 16.8. The maximum absolute atomic E-state index is 6.60. The number of benzene rings is 3. The molecule has 0 saturated carbocycles. The van der Waals surface area contributed by atoms with Crippen molar-refractivity contribution in [3.05, 3.63) is 59.1 Å². The van der Waals surface area contributed by atoms with E-state index in [2.05, 4.69) is 69.3 Å². The zero-order chi connectivity index (χ0) is 13.6. The van der Waals surface area contributed by atoms with Gasteiger partial charge in [0.2, 0.25) is 0 Å². The largest absolute Gasteiger partial charge is 0.0830 e. The summed E-state index contributed by atoms with van der Waals surface area (Å²) >= 11 is 6.60. The van der Waals surface area contributed by atoms with Gasteiger partial charge in [-0.05, 0) is 21.8 Å². The Labute approximate surface area is 119 Å². The van der Waals surface area contributed by atoms with Crippen molar-refractivity contribution in [2.24, 2.45) is 0 Å². The summed E-state index contributed by atoms with van der Waals surface area (Å²) in [4.78, 5) is 0. The number of hydrogen-bond acceptors (Lipinski definition) is 0. The van der Waals surface area contributed by atoms with Gasteiger partial charge in [0.25, 0.3) is 0 Å². The molecule has 0 unspecified atom stereocenters. The molecule has 0 atom stereocenters. The molecule has 0 heterocycles. The van der Waals surface area contributed by atoms with E-state index in [1.54, 1.807) is 0 Å². The molecular formula is C18H17Cl. The lowest BCUT2D eigenvalue weighted by atomic mass is 9.80. The minimum absolute atomic E-state index is 0.0871. The molecule has 0 amide bonds. The minimum atomic E-state index is 0.0871. The molecule has 0 aliphatic carbocycles. The molecule has 3 aromatic carbocycles. The van der Waals surface area contributed by atoms with E-state index in [9.17, 15) is 0 Å². The Morgan fingerprint density at radius 3 is 1.42 bits per heavy atom. The predicted molar refractivity (Wildman–Crippen MR) is 85.2 cm³/mol. The highest BCUT2D eigenvalue weighted by Gasteiger charge is 2.21. The molecule has 0 bridgehead atoms. The van der Waals surface area contributed by atoms with Gasteiger partial charge < -0.3 is 0 Å². The SMILES string of the molecule is CC(C)(C)c1c2ccccc2c(Cl)c2ccccc12. The lowest BCUT2D eigenvalue weighted by molar-refractivity contribution is 0.601. The van der Waals surface area contributed by atoms with Gasteiger partial charge in [0.15, 0.2) is 0 Å². The molecule has 0 aliphatic rings. The lowest BCUT2D eigenvalue weighted by Gasteiger charge is -2.24. The average Bonchev–Trinajstić information content (AvgIpc) is 2.38.